The van der Waals surface area contributed by atoms with E-state index in [9.17, 15) is 18.0 Å². The zero-order valence-corrected chi connectivity index (χ0v) is 17.4. The minimum atomic E-state index is -4.36. The average Bonchev–Trinajstić information content (AvgIpc) is 2.81. The minimum Gasteiger partial charge on any atom is -0.489 e. The molecule has 0 bridgehead atoms. The summed E-state index contributed by atoms with van der Waals surface area (Å²) in [5.74, 6) is 2.47. The number of halogens is 3. The second-order valence-electron chi connectivity index (χ2n) is 7.13. The molecule has 0 aliphatic heterocycles. The van der Waals surface area contributed by atoms with E-state index in [1.807, 2.05) is 24.3 Å². The Morgan fingerprint density at radius 1 is 1.00 bits per heavy atom. The molecule has 0 heterocycles. The highest BCUT2D eigenvalue weighted by atomic mass is 19.4. The van der Waals surface area contributed by atoms with Crippen molar-refractivity contribution in [2.45, 2.75) is 25.1 Å². The quantitative estimate of drug-likeness (QED) is 0.324. The van der Waals surface area contributed by atoms with Gasteiger partial charge in [0.1, 0.15) is 12.4 Å². The van der Waals surface area contributed by atoms with E-state index in [1.54, 1.807) is 24.3 Å². The average molecular weight is 438 g/mol. The monoisotopic (exact) mass is 438 g/mol. The van der Waals surface area contributed by atoms with Crippen molar-refractivity contribution in [3.63, 3.8) is 0 Å². The number of ether oxygens (including phenoxy) is 2. The molecule has 32 heavy (non-hydrogen) atoms. The molecule has 3 rings (SSSR count). The summed E-state index contributed by atoms with van der Waals surface area (Å²) in [7, 11) is 1.32. The van der Waals surface area contributed by atoms with Gasteiger partial charge in [0.25, 0.3) is 0 Å². The highest BCUT2D eigenvalue weighted by Gasteiger charge is 2.29. The highest BCUT2D eigenvalue weighted by molar-refractivity contribution is 5.71. The summed E-state index contributed by atoms with van der Waals surface area (Å²) >= 11 is 0. The van der Waals surface area contributed by atoms with Crippen LogP contribution in [0.4, 0.5) is 13.2 Å². The van der Waals surface area contributed by atoms with Gasteiger partial charge < -0.3 is 9.47 Å². The smallest absolute Gasteiger partial charge is 0.416 e. The lowest BCUT2D eigenvalue weighted by atomic mass is 9.96. The van der Waals surface area contributed by atoms with Crippen molar-refractivity contribution in [1.29, 1.82) is 0 Å². The van der Waals surface area contributed by atoms with E-state index >= 15 is 0 Å². The number of carbonyl (C=O) groups excluding carboxylic acids is 1. The van der Waals surface area contributed by atoms with Gasteiger partial charge in [0.15, 0.2) is 0 Å². The van der Waals surface area contributed by atoms with Crippen molar-refractivity contribution in [3.8, 4) is 29.2 Å². The van der Waals surface area contributed by atoms with Gasteiger partial charge in [-0.3, -0.25) is 4.79 Å². The van der Waals surface area contributed by atoms with Crippen LogP contribution in [0.15, 0.2) is 72.8 Å². The van der Waals surface area contributed by atoms with Crippen LogP contribution in [0.5, 0.6) is 5.75 Å². The number of benzene rings is 3. The van der Waals surface area contributed by atoms with Crippen LogP contribution < -0.4 is 4.74 Å². The largest absolute Gasteiger partial charge is 0.489 e. The SMILES string of the molecule is C#C[C@H](CC(=O)OC)c1ccc(OCc2cccc(-c3ccc(C(F)(F)F)cc3)c2)cc1. The first-order chi connectivity index (χ1) is 15.3. The summed E-state index contributed by atoms with van der Waals surface area (Å²) in [6.45, 7) is 0.286. The van der Waals surface area contributed by atoms with Gasteiger partial charge in [0, 0.05) is 0 Å². The number of alkyl halides is 3. The van der Waals surface area contributed by atoms with Crippen LogP contribution in [0.1, 0.15) is 29.0 Å². The lowest BCUT2D eigenvalue weighted by Gasteiger charge is -2.12. The molecule has 3 aromatic rings. The van der Waals surface area contributed by atoms with E-state index in [4.69, 9.17) is 11.2 Å². The van der Waals surface area contributed by atoms with Crippen LogP contribution in [0.2, 0.25) is 0 Å². The maximum absolute atomic E-state index is 12.8. The molecule has 0 spiro atoms. The molecule has 0 saturated heterocycles. The molecule has 1 atom stereocenters. The van der Waals surface area contributed by atoms with Crippen LogP contribution in [0.3, 0.4) is 0 Å². The van der Waals surface area contributed by atoms with Crippen LogP contribution in [-0.4, -0.2) is 13.1 Å². The van der Waals surface area contributed by atoms with Crippen LogP contribution in [0, 0.1) is 12.3 Å². The van der Waals surface area contributed by atoms with E-state index in [2.05, 4.69) is 10.7 Å². The number of hydrogen-bond acceptors (Lipinski definition) is 3. The molecule has 0 fully saturated rings. The van der Waals surface area contributed by atoms with E-state index in [0.29, 0.717) is 11.3 Å². The fraction of sp³-hybridized carbons (Fsp3) is 0.192. The Balaban J connectivity index is 1.65. The van der Waals surface area contributed by atoms with Crippen LogP contribution in [0.25, 0.3) is 11.1 Å². The standard InChI is InChI=1S/C26H21F3O3/c1-3-19(16-25(30)31-2)20-9-13-24(14-10-20)32-17-18-5-4-6-22(15-18)21-7-11-23(12-8-21)26(27,28)29/h1,4-15,19H,16-17H2,2H3/t19-/m1/s1. The fourth-order valence-electron chi connectivity index (χ4n) is 3.18. The molecule has 3 nitrogen and oxygen atoms in total. The zero-order chi connectivity index (χ0) is 23.1. The minimum absolute atomic E-state index is 0.101. The molecule has 0 amide bonds. The molecule has 0 aromatic heterocycles. The van der Waals surface area contributed by atoms with E-state index in [-0.39, 0.29) is 24.9 Å². The van der Waals surface area contributed by atoms with Crippen LogP contribution >= 0.6 is 0 Å². The van der Waals surface area contributed by atoms with Gasteiger partial charge in [-0.25, -0.2) is 0 Å². The Hall–Kier alpha value is -3.72. The number of hydrogen-bond donors (Lipinski definition) is 0. The van der Waals surface area contributed by atoms with Gasteiger partial charge in [0.2, 0.25) is 0 Å². The van der Waals surface area contributed by atoms with Crippen molar-refractivity contribution in [2.24, 2.45) is 0 Å². The summed E-state index contributed by atoms with van der Waals surface area (Å²) in [4.78, 5) is 11.5. The Kier molecular flexibility index (Phi) is 7.21. The summed E-state index contributed by atoms with van der Waals surface area (Å²) in [5, 5.41) is 0. The summed E-state index contributed by atoms with van der Waals surface area (Å²) in [5.41, 5.74) is 2.50. The second kappa shape index (κ2) is 10.1. The first-order valence-electron chi connectivity index (χ1n) is 9.82. The summed E-state index contributed by atoms with van der Waals surface area (Å²) < 4.78 is 48.8. The van der Waals surface area contributed by atoms with Gasteiger partial charge in [0.05, 0.1) is 25.0 Å². The fourth-order valence-corrected chi connectivity index (χ4v) is 3.18. The lowest BCUT2D eigenvalue weighted by Crippen LogP contribution is -2.07. The molecule has 0 saturated carbocycles. The van der Waals surface area contributed by atoms with E-state index < -0.39 is 11.7 Å². The third-order valence-corrected chi connectivity index (χ3v) is 4.96. The lowest BCUT2D eigenvalue weighted by molar-refractivity contribution is -0.141. The maximum atomic E-state index is 12.8. The van der Waals surface area contributed by atoms with Crippen molar-refractivity contribution in [2.75, 3.05) is 7.11 Å². The van der Waals surface area contributed by atoms with Crippen molar-refractivity contribution in [3.05, 3.63) is 89.5 Å². The Labute approximate surface area is 184 Å². The van der Waals surface area contributed by atoms with Gasteiger partial charge >= 0.3 is 12.1 Å². The molecule has 0 aliphatic rings. The van der Waals surface area contributed by atoms with Gasteiger partial charge in [-0.05, 0) is 52.6 Å². The molecule has 3 aromatic carbocycles. The predicted molar refractivity (Wildman–Crippen MR) is 116 cm³/mol. The second-order valence-corrected chi connectivity index (χ2v) is 7.13. The molecule has 6 heteroatoms. The van der Waals surface area contributed by atoms with Gasteiger partial charge in [-0.15, -0.1) is 6.42 Å². The van der Waals surface area contributed by atoms with E-state index in [0.717, 1.165) is 28.8 Å². The highest BCUT2D eigenvalue weighted by Crippen LogP contribution is 2.31. The molecule has 164 valence electrons. The van der Waals surface area contributed by atoms with Crippen molar-refractivity contribution < 1.29 is 27.4 Å². The van der Waals surface area contributed by atoms with Crippen molar-refractivity contribution >= 4 is 5.97 Å². The summed E-state index contributed by atoms with van der Waals surface area (Å²) in [6.07, 6.45) is 1.27. The maximum Gasteiger partial charge on any atom is 0.416 e. The topological polar surface area (TPSA) is 35.5 Å². The molecule has 0 unspecified atom stereocenters. The molecule has 0 radical (unpaired) electrons. The zero-order valence-electron chi connectivity index (χ0n) is 17.4. The molecular weight excluding hydrogens is 417 g/mol. The number of rotatable bonds is 7. The number of terminal acetylenes is 1. The number of carbonyl (C=O) groups is 1. The summed E-state index contributed by atoms with van der Waals surface area (Å²) in [6, 6.07) is 19.6. The number of methoxy groups -OCH3 is 1. The first-order valence-corrected chi connectivity index (χ1v) is 9.82. The normalized spacial score (nSPS) is 12.0. The molecular formula is C26H21F3O3. The van der Waals surface area contributed by atoms with Crippen LogP contribution in [-0.2, 0) is 22.3 Å². The third kappa shape index (κ3) is 5.92. The first kappa shape index (κ1) is 23.0. The Morgan fingerprint density at radius 3 is 2.28 bits per heavy atom. The molecule has 0 aliphatic carbocycles. The van der Waals surface area contributed by atoms with Gasteiger partial charge in [-0.2, -0.15) is 13.2 Å². The Bertz CT molecular complexity index is 1090. The Morgan fingerprint density at radius 2 is 1.69 bits per heavy atom. The third-order valence-electron chi connectivity index (χ3n) is 4.96. The molecule has 0 N–H and O–H groups in total. The number of esters is 1. The van der Waals surface area contributed by atoms with Gasteiger partial charge in [-0.1, -0.05) is 48.4 Å². The van der Waals surface area contributed by atoms with E-state index in [1.165, 1.54) is 19.2 Å². The predicted octanol–water partition coefficient (Wildman–Crippen LogP) is 6.23. The van der Waals surface area contributed by atoms with Crippen molar-refractivity contribution in [1.82, 2.24) is 0 Å².